The van der Waals surface area contributed by atoms with E-state index in [1.165, 1.54) is 0 Å². The number of nitriles is 1. The van der Waals surface area contributed by atoms with Gasteiger partial charge in [-0.2, -0.15) is 5.26 Å². The van der Waals surface area contributed by atoms with Gasteiger partial charge in [0.1, 0.15) is 12.4 Å². The van der Waals surface area contributed by atoms with Crippen LogP contribution in [-0.2, 0) is 9.53 Å². The van der Waals surface area contributed by atoms with E-state index in [-0.39, 0.29) is 24.2 Å². The van der Waals surface area contributed by atoms with E-state index in [4.69, 9.17) is 14.7 Å². The van der Waals surface area contributed by atoms with Crippen LogP contribution in [0.5, 0.6) is 5.75 Å². The minimum Gasteiger partial charge on any atom is -0.492 e. The molecular formula is C20H28N4O3. The van der Waals surface area contributed by atoms with Crippen LogP contribution in [0.1, 0.15) is 19.4 Å². The first-order valence-corrected chi connectivity index (χ1v) is 9.54. The molecule has 3 rings (SSSR count). The van der Waals surface area contributed by atoms with Crippen molar-refractivity contribution in [2.24, 2.45) is 0 Å². The van der Waals surface area contributed by atoms with Gasteiger partial charge in [0, 0.05) is 38.8 Å². The third-order valence-corrected chi connectivity index (χ3v) is 4.71. The average Bonchev–Trinajstić information content (AvgIpc) is 2.61. The Morgan fingerprint density at radius 2 is 1.85 bits per heavy atom. The maximum Gasteiger partial charge on any atom is 0.234 e. The van der Waals surface area contributed by atoms with Gasteiger partial charge in [-0.1, -0.05) is 0 Å². The topological polar surface area (TPSA) is 77.8 Å². The van der Waals surface area contributed by atoms with Crippen LogP contribution < -0.4 is 10.1 Å². The van der Waals surface area contributed by atoms with Crippen molar-refractivity contribution in [3.63, 3.8) is 0 Å². The van der Waals surface area contributed by atoms with E-state index in [2.05, 4.69) is 21.2 Å². The van der Waals surface area contributed by atoms with Crippen molar-refractivity contribution in [1.82, 2.24) is 15.1 Å². The van der Waals surface area contributed by atoms with E-state index < -0.39 is 0 Å². The number of amides is 1. The van der Waals surface area contributed by atoms with Crippen LogP contribution >= 0.6 is 0 Å². The fraction of sp³-hybridized carbons (Fsp3) is 0.600. The summed E-state index contributed by atoms with van der Waals surface area (Å²) in [5.41, 5.74) is 0.634. The molecule has 0 saturated carbocycles. The Balaban J connectivity index is 1.40. The standard InChI is InChI=1S/C20H28N4O3/c1-15(2)22-20(25)14-24-12-18-10-23(11-19(13-24)27-18)7-8-26-17-5-3-16(9-21)4-6-17/h3-6,15,18-19H,7-8,10-14H2,1-2H3,(H,22,25). The number of ether oxygens (including phenoxy) is 2. The third kappa shape index (κ3) is 5.93. The summed E-state index contributed by atoms with van der Waals surface area (Å²) in [5.74, 6) is 0.863. The summed E-state index contributed by atoms with van der Waals surface area (Å²) >= 11 is 0. The second kappa shape index (κ2) is 9.18. The summed E-state index contributed by atoms with van der Waals surface area (Å²) in [6.45, 7) is 9.12. The van der Waals surface area contributed by atoms with Crippen LogP contribution in [0.25, 0.3) is 0 Å². The molecule has 0 aromatic heterocycles. The van der Waals surface area contributed by atoms with Crippen molar-refractivity contribution in [1.29, 1.82) is 5.26 Å². The summed E-state index contributed by atoms with van der Waals surface area (Å²) in [6.07, 6.45) is 0.276. The van der Waals surface area contributed by atoms with E-state index in [1.54, 1.807) is 12.1 Å². The van der Waals surface area contributed by atoms with Crippen LogP contribution in [0, 0.1) is 11.3 Å². The van der Waals surface area contributed by atoms with Gasteiger partial charge in [0.15, 0.2) is 0 Å². The van der Waals surface area contributed by atoms with Crippen molar-refractivity contribution < 1.29 is 14.3 Å². The molecule has 2 saturated heterocycles. The molecule has 0 radical (unpaired) electrons. The van der Waals surface area contributed by atoms with Crippen LogP contribution in [0.4, 0.5) is 0 Å². The van der Waals surface area contributed by atoms with Gasteiger partial charge in [0.25, 0.3) is 0 Å². The molecule has 2 fully saturated rings. The molecule has 2 heterocycles. The van der Waals surface area contributed by atoms with Crippen LogP contribution in [0.2, 0.25) is 0 Å². The van der Waals surface area contributed by atoms with E-state index in [0.717, 1.165) is 38.5 Å². The summed E-state index contributed by atoms with van der Waals surface area (Å²) in [5, 5.41) is 11.8. The first-order valence-electron chi connectivity index (χ1n) is 9.54. The molecule has 2 atom stereocenters. The van der Waals surface area contributed by atoms with Gasteiger partial charge in [-0.05, 0) is 38.1 Å². The summed E-state index contributed by atoms with van der Waals surface area (Å²) in [7, 11) is 0. The lowest BCUT2D eigenvalue weighted by molar-refractivity contribution is -0.145. The zero-order valence-electron chi connectivity index (χ0n) is 16.1. The minimum absolute atomic E-state index is 0.0812. The predicted octanol–water partition coefficient (Wildman–Crippen LogP) is 0.847. The highest BCUT2D eigenvalue weighted by Gasteiger charge is 2.35. The second-order valence-electron chi connectivity index (χ2n) is 7.54. The SMILES string of the molecule is CC(C)NC(=O)CN1CC2CN(CCOc3ccc(C#N)cc3)CC(C1)O2. The number of nitrogens with zero attached hydrogens (tertiary/aromatic N) is 3. The fourth-order valence-corrected chi connectivity index (χ4v) is 3.66. The maximum atomic E-state index is 12.0. The van der Waals surface area contributed by atoms with Crippen molar-refractivity contribution in [3.8, 4) is 11.8 Å². The van der Waals surface area contributed by atoms with Crippen molar-refractivity contribution in [3.05, 3.63) is 29.8 Å². The van der Waals surface area contributed by atoms with Gasteiger partial charge in [0.2, 0.25) is 5.91 Å². The third-order valence-electron chi connectivity index (χ3n) is 4.71. The molecule has 1 amide bonds. The number of fused-ring (bicyclic) bond motifs is 2. The zero-order valence-corrected chi connectivity index (χ0v) is 16.1. The largest absolute Gasteiger partial charge is 0.492 e. The average molecular weight is 372 g/mol. The summed E-state index contributed by atoms with van der Waals surface area (Å²) in [4.78, 5) is 16.5. The van der Waals surface area contributed by atoms with Gasteiger partial charge in [-0.15, -0.1) is 0 Å². The quantitative estimate of drug-likeness (QED) is 0.765. The van der Waals surface area contributed by atoms with Gasteiger partial charge < -0.3 is 14.8 Å². The normalized spacial score (nSPS) is 23.0. The highest BCUT2D eigenvalue weighted by molar-refractivity contribution is 5.78. The van der Waals surface area contributed by atoms with E-state index in [0.29, 0.717) is 18.7 Å². The number of morpholine rings is 2. The molecule has 2 aliphatic rings. The lowest BCUT2D eigenvalue weighted by Crippen LogP contribution is -2.61. The molecule has 1 aromatic rings. The Hall–Kier alpha value is -2.14. The van der Waals surface area contributed by atoms with Crippen molar-refractivity contribution in [2.45, 2.75) is 32.1 Å². The smallest absolute Gasteiger partial charge is 0.234 e. The Bertz CT molecular complexity index is 657. The number of hydrogen-bond donors (Lipinski definition) is 1. The van der Waals surface area contributed by atoms with Gasteiger partial charge in [0.05, 0.1) is 30.4 Å². The lowest BCUT2D eigenvalue weighted by atomic mass is 10.1. The summed E-state index contributed by atoms with van der Waals surface area (Å²) in [6, 6.07) is 9.45. The Labute approximate surface area is 160 Å². The number of hydrogen-bond acceptors (Lipinski definition) is 6. The predicted molar refractivity (Wildman–Crippen MR) is 101 cm³/mol. The van der Waals surface area contributed by atoms with E-state index >= 15 is 0 Å². The Morgan fingerprint density at radius 1 is 1.22 bits per heavy atom. The molecule has 2 bridgehead atoms. The first-order chi connectivity index (χ1) is 13.0. The molecule has 7 heteroatoms. The van der Waals surface area contributed by atoms with Crippen molar-refractivity contribution >= 4 is 5.91 Å². The zero-order chi connectivity index (χ0) is 19.2. The van der Waals surface area contributed by atoms with Gasteiger partial charge >= 0.3 is 0 Å². The Kier molecular flexibility index (Phi) is 6.67. The minimum atomic E-state index is 0.0812. The molecule has 2 aliphatic heterocycles. The number of rotatable bonds is 7. The molecule has 2 unspecified atom stereocenters. The van der Waals surface area contributed by atoms with Crippen LogP contribution in [0.15, 0.2) is 24.3 Å². The molecule has 1 N–H and O–H groups in total. The lowest BCUT2D eigenvalue weighted by Gasteiger charge is -2.45. The van der Waals surface area contributed by atoms with Crippen LogP contribution in [-0.4, -0.2) is 79.8 Å². The number of carbonyl (C=O) groups is 1. The molecule has 1 aromatic carbocycles. The molecule has 0 aliphatic carbocycles. The summed E-state index contributed by atoms with van der Waals surface area (Å²) < 4.78 is 11.8. The highest BCUT2D eigenvalue weighted by Crippen LogP contribution is 2.19. The van der Waals surface area contributed by atoms with Gasteiger partial charge in [-0.25, -0.2) is 0 Å². The van der Waals surface area contributed by atoms with Gasteiger partial charge in [-0.3, -0.25) is 14.6 Å². The molecule has 27 heavy (non-hydrogen) atoms. The van der Waals surface area contributed by atoms with E-state index in [9.17, 15) is 4.79 Å². The number of carbonyl (C=O) groups excluding carboxylic acids is 1. The van der Waals surface area contributed by atoms with E-state index in [1.807, 2.05) is 26.0 Å². The van der Waals surface area contributed by atoms with Crippen molar-refractivity contribution in [2.75, 3.05) is 45.9 Å². The number of benzene rings is 1. The molecule has 146 valence electrons. The molecular weight excluding hydrogens is 344 g/mol. The first kappa shape index (κ1) is 19.6. The van der Waals surface area contributed by atoms with Crippen LogP contribution in [0.3, 0.4) is 0 Å². The Morgan fingerprint density at radius 3 is 2.44 bits per heavy atom. The molecule has 7 nitrogen and oxygen atoms in total. The highest BCUT2D eigenvalue weighted by atomic mass is 16.5. The fourth-order valence-electron chi connectivity index (χ4n) is 3.66. The monoisotopic (exact) mass is 372 g/mol. The maximum absolute atomic E-state index is 12.0. The second-order valence-corrected chi connectivity index (χ2v) is 7.54. The molecule has 0 spiro atoms. The number of nitrogens with one attached hydrogen (secondary N) is 1.